The summed E-state index contributed by atoms with van der Waals surface area (Å²) in [6.07, 6.45) is 4.57. The van der Waals surface area contributed by atoms with Gasteiger partial charge in [0.15, 0.2) is 5.79 Å². The lowest BCUT2D eigenvalue weighted by molar-refractivity contribution is -0.281. The van der Waals surface area contributed by atoms with Crippen molar-refractivity contribution in [2.75, 3.05) is 13.2 Å². The number of hydrogen-bond acceptors (Lipinski definition) is 5. The Morgan fingerprint density at radius 1 is 0.923 bits per heavy atom. The van der Waals surface area contributed by atoms with Crippen LogP contribution in [0, 0.1) is 11.3 Å². The molecular weight excluding hydrogens is 504 g/mol. The molecule has 2 aromatic carbocycles. The first-order valence-electron chi connectivity index (χ1n) is 14.6. The zero-order valence-corrected chi connectivity index (χ0v) is 26.0. The van der Waals surface area contributed by atoms with Gasteiger partial charge in [-0.2, -0.15) is 0 Å². The summed E-state index contributed by atoms with van der Waals surface area (Å²) in [5.74, 6) is -0.554. The second-order valence-electron chi connectivity index (χ2n) is 13.5. The summed E-state index contributed by atoms with van der Waals surface area (Å²) in [5, 5.41) is 2.53. The second kappa shape index (κ2) is 11.9. The topological polar surface area (TPSA) is 54.0 Å². The number of rotatable bonds is 8. The van der Waals surface area contributed by atoms with Crippen LogP contribution in [0.5, 0.6) is 0 Å². The predicted molar refractivity (Wildman–Crippen MR) is 159 cm³/mol. The van der Waals surface area contributed by atoms with Crippen LogP contribution in [0.4, 0.5) is 0 Å². The van der Waals surface area contributed by atoms with E-state index in [2.05, 4.69) is 88.4 Å². The highest BCUT2D eigenvalue weighted by Gasteiger charge is 2.51. The fraction of sp³-hybridized carbons (Fsp3) is 0.606. The largest absolute Gasteiger partial charge is 0.463 e. The van der Waals surface area contributed by atoms with Gasteiger partial charge in [-0.05, 0) is 55.4 Å². The first kappa shape index (κ1) is 30.0. The maximum atomic E-state index is 12.2. The molecule has 0 aromatic heterocycles. The van der Waals surface area contributed by atoms with Gasteiger partial charge in [-0.25, -0.2) is 0 Å². The third kappa shape index (κ3) is 6.67. The first-order chi connectivity index (χ1) is 18.4. The van der Waals surface area contributed by atoms with E-state index in [0.717, 1.165) is 32.1 Å². The van der Waals surface area contributed by atoms with Gasteiger partial charge < -0.3 is 18.6 Å². The van der Waals surface area contributed by atoms with Crippen LogP contribution in [-0.4, -0.2) is 45.5 Å². The average Bonchev–Trinajstić information content (AvgIpc) is 3.29. The molecule has 2 aliphatic rings. The maximum absolute atomic E-state index is 12.2. The Labute approximate surface area is 236 Å². The first-order valence-corrected chi connectivity index (χ1v) is 16.5. The molecule has 5 nitrogen and oxygen atoms in total. The van der Waals surface area contributed by atoms with Crippen molar-refractivity contribution in [2.24, 2.45) is 11.3 Å². The Balaban J connectivity index is 1.46. The van der Waals surface area contributed by atoms with Gasteiger partial charge in [-0.3, -0.25) is 4.79 Å². The Morgan fingerprint density at radius 3 is 2.05 bits per heavy atom. The summed E-state index contributed by atoms with van der Waals surface area (Å²) in [7, 11) is -2.60. The summed E-state index contributed by atoms with van der Waals surface area (Å²) in [4.78, 5) is 12.2. The van der Waals surface area contributed by atoms with E-state index in [0.29, 0.717) is 13.2 Å². The minimum absolute atomic E-state index is 0.0592. The van der Waals surface area contributed by atoms with Crippen LogP contribution in [-0.2, 0) is 23.4 Å². The fourth-order valence-corrected chi connectivity index (χ4v) is 10.7. The average molecular weight is 553 g/mol. The van der Waals surface area contributed by atoms with Crippen molar-refractivity contribution in [1.29, 1.82) is 0 Å². The summed E-state index contributed by atoms with van der Waals surface area (Å²) >= 11 is 0. The zero-order chi connectivity index (χ0) is 28.3. The van der Waals surface area contributed by atoms with Gasteiger partial charge in [-0.15, -0.1) is 0 Å². The lowest BCUT2D eigenvalue weighted by Gasteiger charge is -2.45. The number of carbonyl (C=O) groups is 1. The molecule has 6 heteroatoms. The van der Waals surface area contributed by atoms with Crippen LogP contribution in [0.2, 0.25) is 5.04 Å². The number of benzene rings is 2. The number of hydrogen-bond donors (Lipinski definition) is 0. The quantitative estimate of drug-likeness (QED) is 0.287. The number of carbonyl (C=O) groups excluding carboxylic acids is 1. The third-order valence-electron chi connectivity index (χ3n) is 8.27. The molecule has 2 aliphatic heterocycles. The molecule has 2 fully saturated rings. The Bertz CT molecular complexity index is 1040. The smallest absolute Gasteiger partial charge is 0.311 e. The molecule has 39 heavy (non-hydrogen) atoms. The molecule has 0 N–H and O–H groups in total. The minimum atomic E-state index is -2.60. The summed E-state index contributed by atoms with van der Waals surface area (Å²) in [5.41, 5.74) is -0.511. The molecule has 0 bridgehead atoms. The van der Waals surface area contributed by atoms with Gasteiger partial charge in [0, 0.05) is 25.4 Å². The molecule has 0 saturated carbocycles. The molecule has 2 aromatic rings. The van der Waals surface area contributed by atoms with Crippen molar-refractivity contribution in [1.82, 2.24) is 0 Å². The van der Waals surface area contributed by atoms with E-state index in [9.17, 15) is 4.79 Å². The Morgan fingerprint density at radius 2 is 1.51 bits per heavy atom. The molecule has 2 saturated heterocycles. The van der Waals surface area contributed by atoms with Gasteiger partial charge in [0.1, 0.15) is 6.61 Å². The van der Waals surface area contributed by atoms with E-state index in [4.69, 9.17) is 18.6 Å². The normalized spacial score (nSPS) is 25.0. The Hall–Kier alpha value is -1.99. The van der Waals surface area contributed by atoms with Crippen LogP contribution in [0.3, 0.4) is 0 Å². The summed E-state index contributed by atoms with van der Waals surface area (Å²) in [6, 6.07) is 21.6. The van der Waals surface area contributed by atoms with E-state index < -0.39 is 19.5 Å². The van der Waals surface area contributed by atoms with Crippen molar-refractivity contribution in [2.45, 2.75) is 104 Å². The lowest BCUT2D eigenvalue weighted by atomic mass is 9.93. The van der Waals surface area contributed by atoms with Crippen LogP contribution in [0.15, 0.2) is 60.7 Å². The lowest BCUT2D eigenvalue weighted by Crippen LogP contribution is -2.67. The van der Waals surface area contributed by atoms with Gasteiger partial charge in [-0.1, -0.05) is 88.4 Å². The Kier molecular flexibility index (Phi) is 9.11. The molecule has 0 unspecified atom stereocenters. The van der Waals surface area contributed by atoms with Crippen molar-refractivity contribution in [3.8, 4) is 0 Å². The van der Waals surface area contributed by atoms with Crippen molar-refractivity contribution in [3.63, 3.8) is 0 Å². The van der Waals surface area contributed by atoms with Gasteiger partial charge in [0.25, 0.3) is 8.32 Å². The monoisotopic (exact) mass is 552 g/mol. The molecule has 0 radical (unpaired) electrons. The molecule has 4 rings (SSSR count). The van der Waals surface area contributed by atoms with E-state index >= 15 is 0 Å². The highest BCUT2D eigenvalue weighted by atomic mass is 28.4. The molecule has 0 amide bonds. The standard InChI is InChI=1S/C33H48O5Si/c1-25(29-19-14-21-33(38-29)22-20-26(37-33)24-35-30(34)31(2,3)4)23-36-39(32(5,6)7,27-15-10-8-11-16-27)28-17-12-9-13-18-28/h8-13,15-18,25-26,29H,14,19-24H2,1-7H3/t25-,26+,29-,33-/m0/s1. The highest BCUT2D eigenvalue weighted by molar-refractivity contribution is 6.99. The van der Waals surface area contributed by atoms with Gasteiger partial charge in [0.05, 0.1) is 17.6 Å². The van der Waals surface area contributed by atoms with Crippen molar-refractivity contribution < 1.29 is 23.4 Å². The third-order valence-corrected chi connectivity index (χ3v) is 13.3. The van der Waals surface area contributed by atoms with E-state index in [1.54, 1.807) is 0 Å². The number of ether oxygens (including phenoxy) is 3. The van der Waals surface area contributed by atoms with Gasteiger partial charge >= 0.3 is 5.97 Å². The van der Waals surface area contributed by atoms with Crippen LogP contribution >= 0.6 is 0 Å². The van der Waals surface area contributed by atoms with Crippen molar-refractivity contribution >= 4 is 24.7 Å². The molecular formula is C33H48O5Si. The fourth-order valence-electron chi connectivity index (χ4n) is 6.07. The van der Waals surface area contributed by atoms with E-state index in [1.807, 2.05) is 20.8 Å². The van der Waals surface area contributed by atoms with E-state index in [-0.39, 0.29) is 29.1 Å². The van der Waals surface area contributed by atoms with Crippen LogP contribution in [0.1, 0.15) is 80.6 Å². The SMILES string of the molecule is C[C@@H](CO[Si](c1ccccc1)(c1ccccc1)C(C)(C)C)[C@@H]1CCC[C@@]2(CC[C@H](COC(=O)C(C)(C)C)O2)O1. The molecule has 2 heterocycles. The molecule has 214 valence electrons. The van der Waals surface area contributed by atoms with Crippen LogP contribution in [0.25, 0.3) is 0 Å². The second-order valence-corrected chi connectivity index (χ2v) is 17.8. The predicted octanol–water partition coefficient (Wildman–Crippen LogP) is 6.23. The van der Waals surface area contributed by atoms with Gasteiger partial charge in [0.2, 0.25) is 0 Å². The number of esters is 1. The summed E-state index contributed by atoms with van der Waals surface area (Å²) in [6.45, 7) is 15.7. The molecule has 0 aliphatic carbocycles. The maximum Gasteiger partial charge on any atom is 0.311 e. The molecule has 1 spiro atoms. The summed E-state index contributed by atoms with van der Waals surface area (Å²) < 4.78 is 25.9. The zero-order valence-electron chi connectivity index (χ0n) is 25.0. The minimum Gasteiger partial charge on any atom is -0.463 e. The van der Waals surface area contributed by atoms with Crippen molar-refractivity contribution in [3.05, 3.63) is 60.7 Å². The van der Waals surface area contributed by atoms with E-state index in [1.165, 1.54) is 10.4 Å². The molecule has 4 atom stereocenters. The van der Waals surface area contributed by atoms with Crippen LogP contribution < -0.4 is 10.4 Å². The highest BCUT2D eigenvalue weighted by Crippen LogP contribution is 2.43.